The number of aromatic hydroxyl groups is 1. The second kappa shape index (κ2) is 5.02. The molecule has 0 unspecified atom stereocenters. The molecule has 0 spiro atoms. The fourth-order valence-corrected chi connectivity index (χ4v) is 2.08. The van der Waals surface area contributed by atoms with E-state index in [1.54, 1.807) is 6.07 Å². The maximum absolute atomic E-state index is 12.1. The number of aromatic nitrogens is 4. The van der Waals surface area contributed by atoms with Crippen LogP contribution in [-0.4, -0.2) is 30.9 Å². The number of phenols is 1. The van der Waals surface area contributed by atoms with Gasteiger partial charge in [-0.05, 0) is 24.6 Å². The van der Waals surface area contributed by atoms with Gasteiger partial charge < -0.3 is 10.1 Å². The van der Waals surface area contributed by atoms with E-state index in [-0.39, 0.29) is 22.4 Å². The largest absolute Gasteiger partial charge is 0.507 e. The van der Waals surface area contributed by atoms with Crippen LogP contribution >= 0.6 is 11.6 Å². The monoisotopic (exact) mass is 303 g/mol. The Morgan fingerprint density at radius 3 is 2.95 bits per heavy atom. The van der Waals surface area contributed by atoms with E-state index in [4.69, 9.17) is 11.6 Å². The molecule has 2 aromatic heterocycles. The highest BCUT2D eigenvalue weighted by atomic mass is 35.5. The number of imidazole rings is 1. The van der Waals surface area contributed by atoms with Gasteiger partial charge in [0.1, 0.15) is 11.3 Å². The third-order valence-electron chi connectivity index (χ3n) is 2.86. The van der Waals surface area contributed by atoms with E-state index in [0.717, 1.165) is 5.56 Å². The first-order valence-electron chi connectivity index (χ1n) is 6.02. The molecule has 0 radical (unpaired) electrons. The molecule has 21 heavy (non-hydrogen) atoms. The van der Waals surface area contributed by atoms with Gasteiger partial charge in [-0.15, -0.1) is 0 Å². The summed E-state index contributed by atoms with van der Waals surface area (Å²) in [7, 11) is 0. The number of halogens is 1. The van der Waals surface area contributed by atoms with E-state index in [1.165, 1.54) is 18.5 Å². The molecule has 0 saturated carbocycles. The molecule has 106 valence electrons. The number of aryl methyl sites for hydroxylation is 1. The molecule has 0 aliphatic heterocycles. The molecule has 0 saturated heterocycles. The van der Waals surface area contributed by atoms with E-state index in [2.05, 4.69) is 25.3 Å². The summed E-state index contributed by atoms with van der Waals surface area (Å²) in [5.74, 6) is -0.623. The normalized spacial score (nSPS) is 10.8. The number of H-pyrrole nitrogens is 1. The number of nitrogens with one attached hydrogen (secondary N) is 2. The van der Waals surface area contributed by atoms with Gasteiger partial charge in [-0.3, -0.25) is 10.1 Å². The van der Waals surface area contributed by atoms with Crippen molar-refractivity contribution in [1.29, 1.82) is 0 Å². The molecule has 8 heteroatoms. The molecule has 0 aliphatic rings. The Kier molecular flexibility index (Phi) is 3.19. The summed E-state index contributed by atoms with van der Waals surface area (Å²) >= 11 is 5.96. The minimum atomic E-state index is -0.529. The van der Waals surface area contributed by atoms with Crippen molar-refractivity contribution in [3.05, 3.63) is 40.8 Å². The van der Waals surface area contributed by atoms with Crippen LogP contribution in [0.25, 0.3) is 11.2 Å². The van der Waals surface area contributed by atoms with Crippen LogP contribution in [0.4, 0.5) is 5.95 Å². The first kappa shape index (κ1) is 13.3. The number of fused-ring (bicyclic) bond motifs is 1. The fourth-order valence-electron chi connectivity index (χ4n) is 1.86. The van der Waals surface area contributed by atoms with Crippen molar-refractivity contribution < 1.29 is 9.90 Å². The van der Waals surface area contributed by atoms with Crippen molar-refractivity contribution in [2.75, 3.05) is 5.32 Å². The number of nitrogens with zero attached hydrogens (tertiary/aromatic N) is 3. The van der Waals surface area contributed by atoms with Crippen molar-refractivity contribution in [3.8, 4) is 5.75 Å². The van der Waals surface area contributed by atoms with E-state index < -0.39 is 5.91 Å². The number of benzene rings is 1. The van der Waals surface area contributed by atoms with Crippen LogP contribution in [-0.2, 0) is 0 Å². The van der Waals surface area contributed by atoms with Crippen molar-refractivity contribution in [1.82, 2.24) is 19.9 Å². The van der Waals surface area contributed by atoms with Gasteiger partial charge in [-0.1, -0.05) is 17.7 Å². The quantitative estimate of drug-likeness (QED) is 0.630. The van der Waals surface area contributed by atoms with Crippen LogP contribution in [0.5, 0.6) is 5.75 Å². The molecule has 7 nitrogen and oxygen atoms in total. The standard InChI is InChI=1S/C13H10ClN5O2/c1-6-2-3-7(8(20)4-6)12(21)19-13-17-10(14)9-11(18-13)16-5-15-9/h2-5,20H,1H3,(H2,15,16,17,18,19,21). The first-order chi connectivity index (χ1) is 10.0. The van der Waals surface area contributed by atoms with Crippen LogP contribution < -0.4 is 5.32 Å². The van der Waals surface area contributed by atoms with E-state index in [0.29, 0.717) is 11.2 Å². The van der Waals surface area contributed by atoms with Gasteiger partial charge in [0.2, 0.25) is 5.95 Å². The smallest absolute Gasteiger partial charge is 0.261 e. The number of amides is 1. The van der Waals surface area contributed by atoms with Gasteiger partial charge in [0.05, 0.1) is 11.9 Å². The van der Waals surface area contributed by atoms with Gasteiger partial charge >= 0.3 is 0 Å². The number of hydrogen-bond donors (Lipinski definition) is 3. The summed E-state index contributed by atoms with van der Waals surface area (Å²) in [5, 5.41) is 12.4. The summed E-state index contributed by atoms with van der Waals surface area (Å²) in [6.45, 7) is 1.82. The number of hydrogen-bond acceptors (Lipinski definition) is 5. The molecule has 0 fully saturated rings. The Balaban J connectivity index is 1.92. The highest BCUT2D eigenvalue weighted by Crippen LogP contribution is 2.21. The van der Waals surface area contributed by atoms with Crippen molar-refractivity contribution in [3.63, 3.8) is 0 Å². The highest BCUT2D eigenvalue weighted by molar-refractivity contribution is 6.33. The summed E-state index contributed by atoms with van der Waals surface area (Å²) in [4.78, 5) is 26.9. The molecule has 0 aliphatic carbocycles. The van der Waals surface area contributed by atoms with E-state index >= 15 is 0 Å². The fraction of sp³-hybridized carbons (Fsp3) is 0.0769. The van der Waals surface area contributed by atoms with Crippen LogP contribution in [0.2, 0.25) is 5.15 Å². The molecule has 1 aromatic carbocycles. The Morgan fingerprint density at radius 2 is 2.19 bits per heavy atom. The number of rotatable bonds is 2. The van der Waals surface area contributed by atoms with Crippen molar-refractivity contribution in [2.24, 2.45) is 0 Å². The summed E-state index contributed by atoms with van der Waals surface area (Å²) < 4.78 is 0. The maximum Gasteiger partial charge on any atom is 0.261 e. The van der Waals surface area contributed by atoms with E-state index in [1.807, 2.05) is 6.92 Å². The van der Waals surface area contributed by atoms with E-state index in [9.17, 15) is 9.90 Å². The summed E-state index contributed by atoms with van der Waals surface area (Å²) in [6, 6.07) is 4.74. The SMILES string of the molecule is Cc1ccc(C(=O)Nc2nc(Cl)c3[nH]cnc3n2)c(O)c1. The minimum Gasteiger partial charge on any atom is -0.507 e. The Morgan fingerprint density at radius 1 is 1.38 bits per heavy atom. The lowest BCUT2D eigenvalue weighted by Gasteiger charge is -2.06. The second-order valence-corrected chi connectivity index (χ2v) is 4.77. The number of carbonyl (C=O) groups is 1. The average molecular weight is 304 g/mol. The molecule has 0 atom stereocenters. The lowest BCUT2D eigenvalue weighted by molar-refractivity contribution is 0.102. The molecular weight excluding hydrogens is 294 g/mol. The molecular formula is C13H10ClN5O2. The molecule has 0 bridgehead atoms. The number of aromatic amines is 1. The Hall–Kier alpha value is -2.67. The van der Waals surface area contributed by atoms with Crippen molar-refractivity contribution >= 4 is 34.6 Å². The third-order valence-corrected chi connectivity index (χ3v) is 3.14. The average Bonchev–Trinajstić information content (AvgIpc) is 2.87. The maximum atomic E-state index is 12.1. The third kappa shape index (κ3) is 2.50. The Labute approximate surface area is 124 Å². The zero-order valence-electron chi connectivity index (χ0n) is 10.9. The Bertz CT molecular complexity index is 846. The zero-order chi connectivity index (χ0) is 15.0. The number of phenolic OH excluding ortho intramolecular Hbond substituents is 1. The minimum absolute atomic E-state index is 0.0181. The van der Waals surface area contributed by atoms with Gasteiger partial charge in [-0.2, -0.15) is 9.97 Å². The summed E-state index contributed by atoms with van der Waals surface area (Å²) in [6.07, 6.45) is 1.43. The predicted molar refractivity (Wildman–Crippen MR) is 77.5 cm³/mol. The van der Waals surface area contributed by atoms with Crippen LogP contribution in [0, 0.1) is 6.92 Å². The predicted octanol–water partition coefficient (Wildman–Crippen LogP) is 2.27. The van der Waals surface area contributed by atoms with Gasteiger partial charge in [0, 0.05) is 0 Å². The van der Waals surface area contributed by atoms with Gasteiger partial charge in [0.25, 0.3) is 5.91 Å². The topological polar surface area (TPSA) is 104 Å². The zero-order valence-corrected chi connectivity index (χ0v) is 11.6. The van der Waals surface area contributed by atoms with Crippen LogP contribution in [0.3, 0.4) is 0 Å². The lowest BCUT2D eigenvalue weighted by atomic mass is 10.1. The summed E-state index contributed by atoms with van der Waals surface area (Å²) in [5.41, 5.74) is 1.81. The van der Waals surface area contributed by atoms with Crippen LogP contribution in [0.1, 0.15) is 15.9 Å². The molecule has 3 aromatic rings. The number of carbonyl (C=O) groups excluding carboxylic acids is 1. The van der Waals surface area contributed by atoms with Crippen molar-refractivity contribution in [2.45, 2.75) is 6.92 Å². The molecule has 2 heterocycles. The first-order valence-corrected chi connectivity index (χ1v) is 6.40. The molecule has 1 amide bonds. The molecule has 3 rings (SSSR count). The van der Waals surface area contributed by atoms with Gasteiger partial charge in [0.15, 0.2) is 10.8 Å². The lowest BCUT2D eigenvalue weighted by Crippen LogP contribution is -2.14. The van der Waals surface area contributed by atoms with Crippen LogP contribution in [0.15, 0.2) is 24.5 Å². The molecule has 3 N–H and O–H groups in total. The highest BCUT2D eigenvalue weighted by Gasteiger charge is 2.14. The number of anilines is 1. The van der Waals surface area contributed by atoms with Gasteiger partial charge in [-0.25, -0.2) is 4.98 Å². The second-order valence-electron chi connectivity index (χ2n) is 4.41.